The number of alkyl halides is 2. The summed E-state index contributed by atoms with van der Waals surface area (Å²) in [5.41, 5.74) is 0.228. The molecule has 0 spiro atoms. The first-order valence-electron chi connectivity index (χ1n) is 12.0. The van der Waals surface area contributed by atoms with Gasteiger partial charge in [-0.1, -0.05) is 13.8 Å². The topological polar surface area (TPSA) is 144 Å². The highest BCUT2D eigenvalue weighted by molar-refractivity contribution is 8.26. The molecule has 2 aromatic heterocycles. The third-order valence-electron chi connectivity index (χ3n) is 6.49. The van der Waals surface area contributed by atoms with Crippen molar-refractivity contribution in [3.63, 3.8) is 0 Å². The van der Waals surface area contributed by atoms with E-state index in [1.54, 1.807) is 6.92 Å². The van der Waals surface area contributed by atoms with Crippen LogP contribution >= 0.6 is 11.8 Å². The molecule has 2 saturated heterocycles. The number of pyridine rings is 1. The molecule has 0 radical (unpaired) electrons. The maximum atomic E-state index is 13.4. The van der Waals surface area contributed by atoms with E-state index in [0.717, 1.165) is 0 Å². The van der Waals surface area contributed by atoms with Crippen molar-refractivity contribution in [2.24, 2.45) is 5.92 Å². The number of aromatic nitrogens is 2. The highest BCUT2D eigenvalue weighted by atomic mass is 32.2. The molecule has 4 rings (SSSR count). The molecule has 1 amide bonds. The Kier molecular flexibility index (Phi) is 7.85. The van der Waals surface area contributed by atoms with Crippen LogP contribution in [0.4, 0.5) is 14.5 Å². The van der Waals surface area contributed by atoms with Crippen LogP contribution in [0.15, 0.2) is 23.4 Å². The van der Waals surface area contributed by atoms with E-state index in [1.807, 2.05) is 30.6 Å². The summed E-state index contributed by atoms with van der Waals surface area (Å²) in [7, 11) is -4.05. The van der Waals surface area contributed by atoms with E-state index < -0.39 is 32.1 Å². The number of amides is 1. The number of halogens is 2. The highest BCUT2D eigenvalue weighted by Crippen LogP contribution is 2.31. The van der Waals surface area contributed by atoms with Crippen molar-refractivity contribution in [2.45, 2.75) is 50.6 Å². The maximum absolute atomic E-state index is 13.4. The lowest BCUT2D eigenvalue weighted by Crippen LogP contribution is -2.59. The van der Waals surface area contributed by atoms with Gasteiger partial charge in [-0.15, -0.1) is 0 Å². The number of hydrogen-bond acceptors (Lipinski definition) is 9. The molecule has 0 saturated carbocycles. The Hall–Kier alpha value is -2.62. The molecule has 208 valence electrons. The molecule has 2 aliphatic heterocycles. The summed E-state index contributed by atoms with van der Waals surface area (Å²) in [6.45, 7) is 9.08. The molecule has 0 bridgehead atoms. The van der Waals surface area contributed by atoms with Gasteiger partial charge in [0, 0.05) is 37.8 Å². The van der Waals surface area contributed by atoms with Crippen LogP contribution in [0.1, 0.15) is 33.5 Å². The van der Waals surface area contributed by atoms with Crippen molar-refractivity contribution in [1.29, 1.82) is 10.8 Å². The van der Waals surface area contributed by atoms with Gasteiger partial charge in [0.15, 0.2) is 5.82 Å². The molecule has 4 heterocycles. The second kappa shape index (κ2) is 10.5. The zero-order valence-corrected chi connectivity index (χ0v) is 23.1. The molecule has 2 aromatic rings. The second-order valence-electron chi connectivity index (χ2n) is 10.1. The van der Waals surface area contributed by atoms with Crippen molar-refractivity contribution in [1.82, 2.24) is 19.0 Å². The predicted octanol–water partition coefficient (Wildman–Crippen LogP) is 2.40. The maximum Gasteiger partial charge on any atom is 0.285 e. The van der Waals surface area contributed by atoms with Crippen LogP contribution in [-0.4, -0.2) is 89.6 Å². The smallest absolute Gasteiger partial charge is 0.285 e. The Balaban J connectivity index is 1.76. The number of rotatable bonds is 7. The fraction of sp³-hybridized carbons (Fsp3) is 0.565. The van der Waals surface area contributed by atoms with Crippen molar-refractivity contribution >= 4 is 49.0 Å². The number of nitrogens with one attached hydrogen (secondary N) is 3. The lowest BCUT2D eigenvalue weighted by molar-refractivity contribution is -0.136. The van der Waals surface area contributed by atoms with Crippen LogP contribution in [0.3, 0.4) is 0 Å². The van der Waals surface area contributed by atoms with Crippen molar-refractivity contribution < 1.29 is 26.7 Å². The van der Waals surface area contributed by atoms with Crippen LogP contribution in [0.25, 0.3) is 5.52 Å². The quantitative estimate of drug-likeness (QED) is 0.342. The van der Waals surface area contributed by atoms with Crippen LogP contribution in [-0.2, 0) is 19.6 Å². The van der Waals surface area contributed by atoms with Gasteiger partial charge in [-0.05, 0) is 31.7 Å². The Morgan fingerprint density at radius 3 is 2.53 bits per heavy atom. The predicted molar refractivity (Wildman–Crippen MR) is 141 cm³/mol. The van der Waals surface area contributed by atoms with Gasteiger partial charge < -0.3 is 14.5 Å². The average molecular weight is 572 g/mol. The fourth-order valence-corrected chi connectivity index (χ4v) is 6.46. The summed E-state index contributed by atoms with van der Waals surface area (Å²) >= 11 is 0.258. The number of ether oxygens (including phenoxy) is 1. The summed E-state index contributed by atoms with van der Waals surface area (Å²) < 4.78 is 61.9. The SMILES string of the molecule is CC(C)C(=O)N1CCN(c2cc(S(=O)(=O)NC3(C)COC3)cn3c(C(=N)SC(=N)C(F)F)ncc23)C[C@H]1C. The van der Waals surface area contributed by atoms with E-state index in [0.29, 0.717) is 30.8 Å². The lowest BCUT2D eigenvalue weighted by atomic mass is 10.0. The molecule has 0 aromatic carbocycles. The lowest BCUT2D eigenvalue weighted by Gasteiger charge is -2.42. The van der Waals surface area contributed by atoms with Gasteiger partial charge in [0.05, 0.1) is 36.2 Å². The number of imidazole rings is 1. The summed E-state index contributed by atoms with van der Waals surface area (Å²) in [6, 6.07) is 1.38. The van der Waals surface area contributed by atoms with Crippen molar-refractivity contribution in [3.8, 4) is 0 Å². The molecule has 2 fully saturated rings. The highest BCUT2D eigenvalue weighted by Gasteiger charge is 2.38. The Bertz CT molecular complexity index is 1380. The van der Waals surface area contributed by atoms with Gasteiger partial charge in [-0.25, -0.2) is 26.9 Å². The number of fused-ring (bicyclic) bond motifs is 1. The van der Waals surface area contributed by atoms with E-state index in [2.05, 4.69) is 9.71 Å². The minimum Gasteiger partial charge on any atom is -0.377 e. The van der Waals surface area contributed by atoms with Crippen LogP contribution in [0, 0.1) is 16.7 Å². The Morgan fingerprint density at radius 1 is 1.29 bits per heavy atom. The first kappa shape index (κ1) is 28.4. The minimum atomic E-state index is -4.05. The molecular weight excluding hydrogens is 540 g/mol. The average Bonchev–Trinajstić information content (AvgIpc) is 3.26. The van der Waals surface area contributed by atoms with Gasteiger partial charge in [0.25, 0.3) is 6.43 Å². The van der Waals surface area contributed by atoms with E-state index in [1.165, 1.54) is 22.9 Å². The van der Waals surface area contributed by atoms with Gasteiger partial charge in [0.2, 0.25) is 15.9 Å². The van der Waals surface area contributed by atoms with E-state index in [9.17, 15) is 22.0 Å². The normalized spacial score (nSPS) is 19.7. The number of hydrogen-bond donors (Lipinski definition) is 3. The van der Waals surface area contributed by atoms with Crippen LogP contribution < -0.4 is 9.62 Å². The number of thioether (sulfide) groups is 1. The van der Waals surface area contributed by atoms with E-state index >= 15 is 0 Å². The molecule has 0 unspecified atom stereocenters. The van der Waals surface area contributed by atoms with Crippen LogP contribution in [0.5, 0.6) is 0 Å². The number of carbonyl (C=O) groups is 1. The summed E-state index contributed by atoms with van der Waals surface area (Å²) in [5, 5.41) is 14.3. The molecule has 11 nitrogen and oxygen atoms in total. The third-order valence-corrected chi connectivity index (χ3v) is 8.88. The second-order valence-corrected chi connectivity index (χ2v) is 12.9. The minimum absolute atomic E-state index is 0.0392. The summed E-state index contributed by atoms with van der Waals surface area (Å²) in [5.74, 6) is -0.175. The van der Waals surface area contributed by atoms with E-state index in [4.69, 9.17) is 15.6 Å². The fourth-order valence-electron chi connectivity index (χ4n) is 4.51. The monoisotopic (exact) mass is 571 g/mol. The summed E-state index contributed by atoms with van der Waals surface area (Å²) in [4.78, 5) is 20.5. The third kappa shape index (κ3) is 5.55. The zero-order chi connectivity index (χ0) is 28.0. The van der Waals surface area contributed by atoms with Gasteiger partial charge in [-0.3, -0.25) is 20.0 Å². The van der Waals surface area contributed by atoms with E-state index in [-0.39, 0.29) is 53.6 Å². The number of nitrogens with zero attached hydrogens (tertiary/aromatic N) is 4. The largest absolute Gasteiger partial charge is 0.377 e. The molecule has 1 atom stereocenters. The number of anilines is 1. The summed E-state index contributed by atoms with van der Waals surface area (Å²) in [6.07, 6.45) is -0.290. The van der Waals surface area contributed by atoms with Crippen LogP contribution in [0.2, 0.25) is 0 Å². The number of carbonyl (C=O) groups excluding carboxylic acids is 1. The number of sulfonamides is 1. The Labute approximate surface area is 224 Å². The van der Waals surface area contributed by atoms with Crippen molar-refractivity contribution in [2.75, 3.05) is 37.7 Å². The zero-order valence-electron chi connectivity index (χ0n) is 21.5. The molecular formula is C23H31F2N7O4S2. The van der Waals surface area contributed by atoms with Crippen molar-refractivity contribution in [3.05, 3.63) is 24.3 Å². The molecule has 0 aliphatic carbocycles. The molecule has 15 heteroatoms. The van der Waals surface area contributed by atoms with Gasteiger partial charge in [-0.2, -0.15) is 0 Å². The molecule has 2 aliphatic rings. The number of piperazine rings is 1. The molecule has 38 heavy (non-hydrogen) atoms. The van der Waals surface area contributed by atoms with Gasteiger partial charge >= 0.3 is 0 Å². The van der Waals surface area contributed by atoms with Gasteiger partial charge in [0.1, 0.15) is 15.0 Å². The first-order chi connectivity index (χ1) is 17.7. The first-order valence-corrected chi connectivity index (χ1v) is 14.3. The molecule has 3 N–H and O–H groups in total. The standard InChI is InChI=1S/C23H31F2N7O4S2/c1-13(2)22(33)31-6-5-30(9-14(31)3)16-7-15(38(34,35)29-23(4)11-36-12-23)10-32-17(16)8-28-21(32)20(27)37-19(26)18(24)25/h7-8,10,13-14,18,26-27,29H,5-6,9,11-12H2,1-4H3/t14-/m1/s1. The Morgan fingerprint density at radius 2 is 1.97 bits per heavy atom.